The molecule has 2 aromatic carbocycles. The standard InChI is InChI=1S/C20H21NO4/c1-13(2)20(24)25-12-11-14-7-9-15(10-8-14)21-18(22)16-5-3-4-6-17(16)19(21)23/h3-10,18-19,22-23H,1,11-12H2,2H3. The van der Waals surface area contributed by atoms with Gasteiger partial charge in [0.15, 0.2) is 12.5 Å². The quantitative estimate of drug-likeness (QED) is 0.647. The molecule has 2 N–H and O–H groups in total. The second-order valence-corrected chi connectivity index (χ2v) is 6.12. The van der Waals surface area contributed by atoms with Gasteiger partial charge in [-0.05, 0) is 24.6 Å². The Labute approximate surface area is 146 Å². The largest absolute Gasteiger partial charge is 0.462 e. The van der Waals surface area contributed by atoms with Crippen molar-refractivity contribution in [3.05, 3.63) is 77.4 Å². The van der Waals surface area contributed by atoms with Gasteiger partial charge in [0.25, 0.3) is 0 Å². The lowest BCUT2D eigenvalue weighted by Crippen LogP contribution is -2.25. The third-order valence-electron chi connectivity index (χ3n) is 4.29. The zero-order valence-corrected chi connectivity index (χ0v) is 14.1. The summed E-state index contributed by atoms with van der Waals surface area (Å²) in [4.78, 5) is 12.9. The number of fused-ring (bicyclic) bond motifs is 1. The number of nitrogens with zero attached hydrogens (tertiary/aromatic N) is 1. The van der Waals surface area contributed by atoms with Gasteiger partial charge >= 0.3 is 5.97 Å². The van der Waals surface area contributed by atoms with Crippen LogP contribution in [-0.2, 0) is 16.0 Å². The summed E-state index contributed by atoms with van der Waals surface area (Å²) < 4.78 is 5.08. The molecule has 0 aliphatic carbocycles. The number of aliphatic hydroxyl groups is 2. The minimum absolute atomic E-state index is 0.283. The zero-order valence-electron chi connectivity index (χ0n) is 14.1. The number of carbonyl (C=O) groups excluding carboxylic acids is 1. The number of esters is 1. The minimum atomic E-state index is -0.881. The van der Waals surface area contributed by atoms with E-state index in [2.05, 4.69) is 6.58 Å². The molecule has 0 radical (unpaired) electrons. The molecule has 2 aromatic rings. The Bertz CT molecular complexity index is 756. The predicted molar refractivity (Wildman–Crippen MR) is 94.8 cm³/mol. The van der Waals surface area contributed by atoms with Crippen molar-refractivity contribution < 1.29 is 19.7 Å². The van der Waals surface area contributed by atoms with Gasteiger partial charge in [-0.15, -0.1) is 0 Å². The van der Waals surface area contributed by atoms with Gasteiger partial charge < -0.3 is 19.8 Å². The predicted octanol–water partition coefficient (Wildman–Crippen LogP) is 2.85. The monoisotopic (exact) mass is 339 g/mol. The lowest BCUT2D eigenvalue weighted by atomic mass is 10.1. The Morgan fingerprint density at radius 3 is 2.16 bits per heavy atom. The van der Waals surface area contributed by atoms with Crippen LogP contribution in [-0.4, -0.2) is 22.8 Å². The van der Waals surface area contributed by atoms with E-state index < -0.39 is 18.4 Å². The molecule has 2 atom stereocenters. The van der Waals surface area contributed by atoms with Gasteiger partial charge in [0.05, 0.1) is 6.61 Å². The maximum Gasteiger partial charge on any atom is 0.333 e. The van der Waals surface area contributed by atoms with Crippen molar-refractivity contribution in [2.45, 2.75) is 25.8 Å². The molecule has 1 aliphatic rings. The summed E-state index contributed by atoms with van der Waals surface area (Å²) in [5.74, 6) is -0.391. The van der Waals surface area contributed by atoms with E-state index in [9.17, 15) is 15.0 Å². The number of ether oxygens (including phenoxy) is 1. The van der Waals surface area contributed by atoms with Crippen molar-refractivity contribution in [3.63, 3.8) is 0 Å². The van der Waals surface area contributed by atoms with Crippen molar-refractivity contribution in [3.8, 4) is 0 Å². The maximum absolute atomic E-state index is 11.4. The molecule has 5 nitrogen and oxygen atoms in total. The third-order valence-corrected chi connectivity index (χ3v) is 4.29. The van der Waals surface area contributed by atoms with E-state index >= 15 is 0 Å². The average molecular weight is 339 g/mol. The van der Waals surface area contributed by atoms with Crippen molar-refractivity contribution in [2.24, 2.45) is 0 Å². The fraction of sp³-hybridized carbons (Fsp3) is 0.250. The van der Waals surface area contributed by atoms with Crippen LogP contribution in [0, 0.1) is 0 Å². The topological polar surface area (TPSA) is 70.0 Å². The second kappa shape index (κ2) is 7.09. The highest BCUT2D eigenvalue weighted by Gasteiger charge is 2.35. The Morgan fingerprint density at radius 1 is 1.08 bits per heavy atom. The van der Waals surface area contributed by atoms with Crippen LogP contribution in [0.5, 0.6) is 0 Å². The molecular weight excluding hydrogens is 318 g/mol. The summed E-state index contributed by atoms with van der Waals surface area (Å²) in [5.41, 5.74) is 3.53. The number of benzene rings is 2. The van der Waals surface area contributed by atoms with Crippen LogP contribution in [0.4, 0.5) is 5.69 Å². The lowest BCUT2D eigenvalue weighted by Gasteiger charge is -2.26. The smallest absolute Gasteiger partial charge is 0.333 e. The molecule has 1 aliphatic heterocycles. The third kappa shape index (κ3) is 3.43. The number of hydrogen-bond donors (Lipinski definition) is 2. The first-order valence-electron chi connectivity index (χ1n) is 8.14. The van der Waals surface area contributed by atoms with Gasteiger partial charge in [-0.3, -0.25) is 0 Å². The van der Waals surface area contributed by atoms with Gasteiger partial charge in [0.2, 0.25) is 0 Å². The first-order chi connectivity index (χ1) is 12.0. The number of hydrogen-bond acceptors (Lipinski definition) is 5. The van der Waals surface area contributed by atoms with Crippen molar-refractivity contribution in [1.29, 1.82) is 0 Å². The van der Waals surface area contributed by atoms with Crippen LogP contribution < -0.4 is 4.90 Å². The molecule has 130 valence electrons. The molecule has 2 unspecified atom stereocenters. The van der Waals surface area contributed by atoms with Crippen molar-refractivity contribution >= 4 is 11.7 Å². The zero-order chi connectivity index (χ0) is 18.0. The molecule has 0 fully saturated rings. The van der Waals surface area contributed by atoms with E-state index in [1.165, 1.54) is 0 Å². The van der Waals surface area contributed by atoms with Crippen LogP contribution in [0.25, 0.3) is 0 Å². The molecule has 0 amide bonds. The summed E-state index contributed by atoms with van der Waals surface area (Å²) in [6.45, 7) is 5.44. The number of anilines is 1. The van der Waals surface area contributed by atoms with E-state index in [1.54, 1.807) is 11.8 Å². The second-order valence-electron chi connectivity index (χ2n) is 6.12. The SMILES string of the molecule is C=C(C)C(=O)OCCc1ccc(N2C(O)c3ccccc3C2O)cc1. The summed E-state index contributed by atoms with van der Waals surface area (Å²) in [6, 6.07) is 14.8. The molecule has 0 spiro atoms. The fourth-order valence-electron chi connectivity index (χ4n) is 2.92. The Morgan fingerprint density at radius 2 is 1.64 bits per heavy atom. The van der Waals surface area contributed by atoms with Crippen LogP contribution in [0.15, 0.2) is 60.7 Å². The summed E-state index contributed by atoms with van der Waals surface area (Å²) in [5, 5.41) is 21.0. The first kappa shape index (κ1) is 17.2. The molecule has 0 saturated heterocycles. The molecule has 25 heavy (non-hydrogen) atoms. The van der Waals surface area contributed by atoms with E-state index in [-0.39, 0.29) is 6.61 Å². The highest BCUT2D eigenvalue weighted by atomic mass is 16.5. The molecule has 5 heteroatoms. The van der Waals surface area contributed by atoms with Crippen LogP contribution >= 0.6 is 0 Å². The molecule has 1 heterocycles. The van der Waals surface area contributed by atoms with Gasteiger partial charge in [-0.25, -0.2) is 4.79 Å². The van der Waals surface area contributed by atoms with Crippen LogP contribution in [0.2, 0.25) is 0 Å². The fourth-order valence-corrected chi connectivity index (χ4v) is 2.92. The summed E-state index contributed by atoms with van der Waals surface area (Å²) in [7, 11) is 0. The highest BCUT2D eigenvalue weighted by molar-refractivity contribution is 5.86. The van der Waals surface area contributed by atoms with Gasteiger partial charge in [-0.1, -0.05) is 43.0 Å². The average Bonchev–Trinajstić information content (AvgIpc) is 2.87. The molecular formula is C20H21NO4. The summed E-state index contributed by atoms with van der Waals surface area (Å²) >= 11 is 0. The first-order valence-corrected chi connectivity index (χ1v) is 8.14. The normalized spacial score (nSPS) is 18.8. The molecule has 0 aromatic heterocycles. The molecule has 0 saturated carbocycles. The minimum Gasteiger partial charge on any atom is -0.462 e. The number of carbonyl (C=O) groups is 1. The van der Waals surface area contributed by atoms with E-state index in [0.717, 1.165) is 11.3 Å². The molecule has 0 bridgehead atoms. The maximum atomic E-state index is 11.4. The lowest BCUT2D eigenvalue weighted by molar-refractivity contribution is -0.138. The van der Waals surface area contributed by atoms with Gasteiger partial charge in [0.1, 0.15) is 0 Å². The Kier molecular flexibility index (Phi) is 4.88. The number of aliphatic hydroxyl groups excluding tert-OH is 2. The summed E-state index contributed by atoms with van der Waals surface area (Å²) in [6.07, 6.45) is -1.17. The van der Waals surface area contributed by atoms with E-state index in [4.69, 9.17) is 4.74 Å². The van der Waals surface area contributed by atoms with E-state index in [1.807, 2.05) is 48.5 Å². The highest BCUT2D eigenvalue weighted by Crippen LogP contribution is 2.42. The Hall–Kier alpha value is -2.63. The molecule has 3 rings (SSSR count). The van der Waals surface area contributed by atoms with Gasteiger partial charge in [-0.2, -0.15) is 0 Å². The van der Waals surface area contributed by atoms with E-state index in [0.29, 0.717) is 23.1 Å². The van der Waals surface area contributed by atoms with Crippen LogP contribution in [0.3, 0.4) is 0 Å². The Balaban J connectivity index is 1.67. The van der Waals surface area contributed by atoms with Crippen molar-refractivity contribution in [1.82, 2.24) is 0 Å². The van der Waals surface area contributed by atoms with Crippen molar-refractivity contribution in [2.75, 3.05) is 11.5 Å². The van der Waals surface area contributed by atoms with Crippen LogP contribution in [0.1, 0.15) is 36.1 Å². The number of rotatable bonds is 5. The van der Waals surface area contributed by atoms with Gasteiger partial charge in [0, 0.05) is 28.8 Å².